The molecule has 1 aromatic rings. The van der Waals surface area contributed by atoms with Gasteiger partial charge in [0.1, 0.15) is 12.4 Å². The molecule has 0 aliphatic rings. The lowest BCUT2D eigenvalue weighted by molar-refractivity contribution is -0.120. The van der Waals surface area contributed by atoms with Crippen LogP contribution in [0.2, 0.25) is 0 Å². The van der Waals surface area contributed by atoms with Crippen LogP contribution in [0.4, 0.5) is 0 Å². The zero-order valence-corrected chi connectivity index (χ0v) is 12.1. The van der Waals surface area contributed by atoms with Gasteiger partial charge in [-0.2, -0.15) is 0 Å². The van der Waals surface area contributed by atoms with Crippen LogP contribution in [0.25, 0.3) is 0 Å². The van der Waals surface area contributed by atoms with Gasteiger partial charge >= 0.3 is 0 Å². The van der Waals surface area contributed by atoms with E-state index in [0.29, 0.717) is 19.7 Å². The number of nitrogens with one attached hydrogen (secondary N) is 2. The standard InChI is InChI=1S/C13H19BrN2O2/c1-2-6-16-13(17)10-15-7-8-18-12-5-3-4-11(14)9-12/h3-5,9,15H,2,6-8,10H2,1H3,(H,16,17). The number of carbonyl (C=O) groups is 1. The van der Waals surface area contributed by atoms with Gasteiger partial charge in [0.15, 0.2) is 0 Å². The molecule has 5 heteroatoms. The summed E-state index contributed by atoms with van der Waals surface area (Å²) in [4.78, 5) is 11.3. The molecule has 0 atom stereocenters. The predicted octanol–water partition coefficient (Wildman–Crippen LogP) is 1.94. The first-order valence-electron chi connectivity index (χ1n) is 6.08. The Morgan fingerprint density at radius 3 is 2.94 bits per heavy atom. The molecule has 1 amide bonds. The molecule has 0 saturated carbocycles. The van der Waals surface area contributed by atoms with Gasteiger partial charge in [0, 0.05) is 17.6 Å². The second kappa shape index (κ2) is 8.94. The summed E-state index contributed by atoms with van der Waals surface area (Å²) < 4.78 is 6.52. The molecular formula is C13H19BrN2O2. The number of ether oxygens (including phenoxy) is 1. The molecule has 1 aromatic carbocycles. The summed E-state index contributed by atoms with van der Waals surface area (Å²) in [6, 6.07) is 7.68. The van der Waals surface area contributed by atoms with Crippen LogP contribution < -0.4 is 15.4 Å². The second-order valence-electron chi connectivity index (χ2n) is 3.83. The molecule has 1 rings (SSSR count). The Morgan fingerprint density at radius 2 is 2.22 bits per heavy atom. The van der Waals surface area contributed by atoms with Crippen LogP contribution in [0.3, 0.4) is 0 Å². The Bertz CT molecular complexity index is 372. The van der Waals surface area contributed by atoms with E-state index in [1.54, 1.807) is 0 Å². The maximum Gasteiger partial charge on any atom is 0.233 e. The Balaban J connectivity index is 2.07. The summed E-state index contributed by atoms with van der Waals surface area (Å²) in [6.07, 6.45) is 0.956. The van der Waals surface area contributed by atoms with Crippen molar-refractivity contribution in [3.05, 3.63) is 28.7 Å². The summed E-state index contributed by atoms with van der Waals surface area (Å²) in [5.74, 6) is 0.848. The van der Waals surface area contributed by atoms with Gasteiger partial charge in [-0.3, -0.25) is 4.79 Å². The van der Waals surface area contributed by atoms with Gasteiger partial charge in [-0.15, -0.1) is 0 Å². The molecule has 0 spiro atoms. The average Bonchev–Trinajstić information content (AvgIpc) is 2.36. The lowest BCUT2D eigenvalue weighted by atomic mass is 10.3. The van der Waals surface area contributed by atoms with Crippen molar-refractivity contribution < 1.29 is 9.53 Å². The van der Waals surface area contributed by atoms with Crippen LogP contribution in [0.1, 0.15) is 13.3 Å². The number of hydrogen-bond acceptors (Lipinski definition) is 3. The molecule has 0 radical (unpaired) electrons. The number of carbonyl (C=O) groups excluding carboxylic acids is 1. The number of amides is 1. The first-order valence-corrected chi connectivity index (χ1v) is 6.87. The Labute approximate surface area is 116 Å². The second-order valence-corrected chi connectivity index (χ2v) is 4.75. The molecule has 0 heterocycles. The van der Waals surface area contributed by atoms with Crippen molar-refractivity contribution in [2.45, 2.75) is 13.3 Å². The molecule has 0 aromatic heterocycles. The molecule has 4 nitrogen and oxygen atoms in total. The highest BCUT2D eigenvalue weighted by atomic mass is 79.9. The minimum atomic E-state index is 0.0271. The zero-order valence-electron chi connectivity index (χ0n) is 10.5. The smallest absolute Gasteiger partial charge is 0.233 e. The topological polar surface area (TPSA) is 50.4 Å². The third-order valence-electron chi connectivity index (χ3n) is 2.20. The first-order chi connectivity index (χ1) is 8.72. The van der Waals surface area contributed by atoms with Crippen molar-refractivity contribution in [2.24, 2.45) is 0 Å². The maximum absolute atomic E-state index is 11.3. The molecule has 0 unspecified atom stereocenters. The van der Waals surface area contributed by atoms with Crippen LogP contribution in [0.15, 0.2) is 28.7 Å². The van der Waals surface area contributed by atoms with E-state index in [4.69, 9.17) is 4.74 Å². The molecule has 0 aliphatic heterocycles. The molecule has 2 N–H and O–H groups in total. The van der Waals surface area contributed by atoms with E-state index in [1.165, 1.54) is 0 Å². The summed E-state index contributed by atoms with van der Waals surface area (Å²) in [6.45, 7) is 4.28. The third-order valence-corrected chi connectivity index (χ3v) is 2.69. The van der Waals surface area contributed by atoms with E-state index in [-0.39, 0.29) is 5.91 Å². The summed E-state index contributed by atoms with van der Waals surface area (Å²) in [7, 11) is 0. The van der Waals surface area contributed by atoms with Gasteiger partial charge in [-0.25, -0.2) is 0 Å². The van der Waals surface area contributed by atoms with Crippen LogP contribution in [-0.2, 0) is 4.79 Å². The molecule has 0 bridgehead atoms. The van der Waals surface area contributed by atoms with Crippen molar-refractivity contribution in [1.82, 2.24) is 10.6 Å². The fourth-order valence-electron chi connectivity index (χ4n) is 1.33. The van der Waals surface area contributed by atoms with E-state index in [2.05, 4.69) is 26.6 Å². The Morgan fingerprint density at radius 1 is 1.39 bits per heavy atom. The molecule has 0 saturated heterocycles. The zero-order chi connectivity index (χ0) is 13.2. The Kier molecular flexibility index (Phi) is 7.44. The fraction of sp³-hybridized carbons (Fsp3) is 0.462. The van der Waals surface area contributed by atoms with E-state index in [1.807, 2.05) is 31.2 Å². The van der Waals surface area contributed by atoms with Crippen molar-refractivity contribution in [3.63, 3.8) is 0 Å². The van der Waals surface area contributed by atoms with E-state index in [0.717, 1.165) is 23.2 Å². The molecule has 0 fully saturated rings. The minimum Gasteiger partial charge on any atom is -0.492 e. The molecule has 18 heavy (non-hydrogen) atoms. The van der Waals surface area contributed by atoms with Gasteiger partial charge in [-0.05, 0) is 24.6 Å². The lowest BCUT2D eigenvalue weighted by Gasteiger charge is -2.08. The summed E-state index contributed by atoms with van der Waals surface area (Å²) >= 11 is 3.38. The average molecular weight is 315 g/mol. The van der Waals surface area contributed by atoms with Gasteiger partial charge in [-0.1, -0.05) is 28.9 Å². The fourth-order valence-corrected chi connectivity index (χ4v) is 1.70. The first kappa shape index (κ1) is 15.0. The highest BCUT2D eigenvalue weighted by Gasteiger charge is 1.99. The normalized spacial score (nSPS) is 10.1. The maximum atomic E-state index is 11.3. The third kappa shape index (κ3) is 6.61. The predicted molar refractivity (Wildman–Crippen MR) is 75.8 cm³/mol. The van der Waals surface area contributed by atoms with Crippen LogP contribution >= 0.6 is 15.9 Å². The van der Waals surface area contributed by atoms with Crippen LogP contribution in [0, 0.1) is 0 Å². The monoisotopic (exact) mass is 314 g/mol. The van der Waals surface area contributed by atoms with E-state index < -0.39 is 0 Å². The van der Waals surface area contributed by atoms with Gasteiger partial charge in [0.2, 0.25) is 5.91 Å². The van der Waals surface area contributed by atoms with Crippen molar-refractivity contribution in [3.8, 4) is 5.75 Å². The summed E-state index contributed by atoms with van der Waals surface area (Å²) in [5.41, 5.74) is 0. The van der Waals surface area contributed by atoms with Gasteiger partial charge in [0.05, 0.1) is 6.54 Å². The Hall–Kier alpha value is -1.07. The largest absolute Gasteiger partial charge is 0.492 e. The molecule has 0 aliphatic carbocycles. The van der Waals surface area contributed by atoms with Gasteiger partial charge in [0.25, 0.3) is 0 Å². The number of halogens is 1. The quantitative estimate of drug-likeness (QED) is 0.721. The van der Waals surface area contributed by atoms with Crippen molar-refractivity contribution in [2.75, 3.05) is 26.2 Å². The van der Waals surface area contributed by atoms with E-state index >= 15 is 0 Å². The highest BCUT2D eigenvalue weighted by molar-refractivity contribution is 9.10. The number of rotatable bonds is 8. The number of hydrogen-bond donors (Lipinski definition) is 2. The van der Waals surface area contributed by atoms with Crippen molar-refractivity contribution in [1.29, 1.82) is 0 Å². The van der Waals surface area contributed by atoms with E-state index in [9.17, 15) is 4.79 Å². The minimum absolute atomic E-state index is 0.0271. The molecule has 100 valence electrons. The highest BCUT2D eigenvalue weighted by Crippen LogP contribution is 2.17. The SMILES string of the molecule is CCCNC(=O)CNCCOc1cccc(Br)c1. The lowest BCUT2D eigenvalue weighted by Crippen LogP contribution is -2.35. The number of benzene rings is 1. The van der Waals surface area contributed by atoms with Crippen LogP contribution in [0.5, 0.6) is 5.75 Å². The molecular weight excluding hydrogens is 296 g/mol. The van der Waals surface area contributed by atoms with Crippen molar-refractivity contribution >= 4 is 21.8 Å². The van der Waals surface area contributed by atoms with Gasteiger partial charge < -0.3 is 15.4 Å². The van der Waals surface area contributed by atoms with Crippen LogP contribution in [-0.4, -0.2) is 32.1 Å². The summed E-state index contributed by atoms with van der Waals surface area (Å²) in [5, 5.41) is 5.83.